The Bertz CT molecular complexity index is 861. The van der Waals surface area contributed by atoms with Gasteiger partial charge in [0, 0.05) is 0 Å². The van der Waals surface area contributed by atoms with Crippen LogP contribution in [-0.4, -0.2) is 26.6 Å². The van der Waals surface area contributed by atoms with Gasteiger partial charge >= 0.3 is 5.97 Å². The molecule has 2 aromatic rings. The molecule has 2 aromatic carbocycles. The minimum atomic E-state index is -4.00. The maximum absolute atomic E-state index is 12.5. The lowest BCUT2D eigenvalue weighted by atomic mass is 10.1. The number of ether oxygens (including phenoxy) is 1. The molecule has 0 aliphatic rings. The van der Waals surface area contributed by atoms with Crippen molar-refractivity contribution in [1.82, 2.24) is 4.72 Å². The third kappa shape index (κ3) is 3.93. The van der Waals surface area contributed by atoms with Gasteiger partial charge in [0.2, 0.25) is 10.0 Å². The normalized spacial score (nSPS) is 12.6. The summed E-state index contributed by atoms with van der Waals surface area (Å²) < 4.78 is 32.4. The van der Waals surface area contributed by atoms with Crippen LogP contribution in [0, 0.1) is 13.8 Å². The van der Waals surface area contributed by atoms with Crippen LogP contribution in [-0.2, 0) is 14.8 Å². The molecule has 0 spiro atoms. The number of aryl methyl sites for hydroxylation is 2. The Kier molecular flexibility index (Phi) is 5.26. The first-order valence-corrected chi connectivity index (χ1v) is 8.69. The van der Waals surface area contributed by atoms with Gasteiger partial charge in [-0.05, 0) is 43.2 Å². The largest absolute Gasteiger partial charge is 0.496 e. The van der Waals surface area contributed by atoms with E-state index in [1.807, 2.05) is 13.0 Å². The summed E-state index contributed by atoms with van der Waals surface area (Å²) in [4.78, 5) is 11.5. The van der Waals surface area contributed by atoms with Crippen molar-refractivity contribution in [2.45, 2.75) is 24.8 Å². The summed E-state index contributed by atoms with van der Waals surface area (Å²) in [6, 6.07) is 9.70. The van der Waals surface area contributed by atoms with Crippen molar-refractivity contribution < 1.29 is 23.1 Å². The Balaban J connectivity index is 2.38. The molecule has 2 rings (SSSR count). The zero-order valence-corrected chi connectivity index (χ0v) is 14.4. The maximum Gasteiger partial charge on any atom is 0.326 e. The van der Waals surface area contributed by atoms with Crippen LogP contribution < -0.4 is 9.46 Å². The highest BCUT2D eigenvalue weighted by Gasteiger charge is 2.27. The number of methoxy groups -OCH3 is 1. The second-order valence-corrected chi connectivity index (χ2v) is 7.15. The number of hydrogen-bond donors (Lipinski definition) is 2. The van der Waals surface area contributed by atoms with Crippen molar-refractivity contribution in [1.29, 1.82) is 0 Å². The Hall–Kier alpha value is -2.38. The molecular weight excluding hydrogens is 330 g/mol. The van der Waals surface area contributed by atoms with Gasteiger partial charge in [0.25, 0.3) is 0 Å². The van der Waals surface area contributed by atoms with Gasteiger partial charge in [-0.15, -0.1) is 0 Å². The first kappa shape index (κ1) is 18.0. The van der Waals surface area contributed by atoms with E-state index in [1.54, 1.807) is 25.1 Å². The second-order valence-electron chi connectivity index (χ2n) is 5.44. The summed E-state index contributed by atoms with van der Waals surface area (Å²) in [5.41, 5.74) is 1.86. The number of aliphatic carboxylic acids is 1. The molecule has 0 amide bonds. The quantitative estimate of drug-likeness (QED) is 0.835. The van der Waals surface area contributed by atoms with E-state index < -0.39 is 22.0 Å². The molecular formula is C17H19NO5S. The molecule has 24 heavy (non-hydrogen) atoms. The highest BCUT2D eigenvalue weighted by atomic mass is 32.2. The smallest absolute Gasteiger partial charge is 0.326 e. The lowest BCUT2D eigenvalue weighted by molar-refractivity contribution is -0.139. The predicted octanol–water partition coefficient (Wildman–Crippen LogP) is 2.42. The zero-order chi connectivity index (χ0) is 17.9. The van der Waals surface area contributed by atoms with Crippen molar-refractivity contribution in [2.24, 2.45) is 0 Å². The maximum atomic E-state index is 12.5. The minimum absolute atomic E-state index is 0.0142. The fourth-order valence-corrected chi connectivity index (χ4v) is 3.61. The van der Waals surface area contributed by atoms with Crippen molar-refractivity contribution in [3.63, 3.8) is 0 Å². The summed E-state index contributed by atoms with van der Waals surface area (Å²) in [5.74, 6) is -0.711. The van der Waals surface area contributed by atoms with Gasteiger partial charge in [0.1, 0.15) is 11.8 Å². The molecule has 1 unspecified atom stereocenters. The molecule has 2 N–H and O–H groups in total. The average molecular weight is 349 g/mol. The lowest BCUT2D eigenvalue weighted by Gasteiger charge is -2.16. The first-order valence-electron chi connectivity index (χ1n) is 7.21. The van der Waals surface area contributed by atoms with E-state index >= 15 is 0 Å². The van der Waals surface area contributed by atoms with Crippen LogP contribution in [0.1, 0.15) is 22.7 Å². The van der Waals surface area contributed by atoms with Gasteiger partial charge in [-0.25, -0.2) is 8.42 Å². The summed E-state index contributed by atoms with van der Waals surface area (Å²) in [6.45, 7) is 3.52. The van der Waals surface area contributed by atoms with Crippen LogP contribution in [0.15, 0.2) is 47.4 Å². The van der Waals surface area contributed by atoms with E-state index in [-0.39, 0.29) is 4.90 Å². The van der Waals surface area contributed by atoms with Gasteiger partial charge < -0.3 is 9.84 Å². The van der Waals surface area contributed by atoms with Gasteiger partial charge in [-0.1, -0.05) is 29.8 Å². The number of hydrogen-bond acceptors (Lipinski definition) is 4. The zero-order valence-electron chi connectivity index (χ0n) is 13.6. The first-order chi connectivity index (χ1) is 11.2. The molecule has 0 aromatic heterocycles. The van der Waals surface area contributed by atoms with E-state index in [2.05, 4.69) is 4.72 Å². The monoisotopic (exact) mass is 349 g/mol. The second kappa shape index (κ2) is 7.02. The molecule has 6 nitrogen and oxygen atoms in total. The highest BCUT2D eigenvalue weighted by Crippen LogP contribution is 2.23. The number of carbonyl (C=O) groups is 1. The fraction of sp³-hybridized carbons (Fsp3) is 0.235. The van der Waals surface area contributed by atoms with Gasteiger partial charge in [0.15, 0.2) is 0 Å². The average Bonchev–Trinajstić information content (AvgIpc) is 2.52. The number of nitrogens with one attached hydrogen (secondary N) is 1. The Morgan fingerprint density at radius 2 is 1.88 bits per heavy atom. The summed E-state index contributed by atoms with van der Waals surface area (Å²) in [7, 11) is -2.51. The van der Waals surface area contributed by atoms with E-state index in [0.717, 1.165) is 5.56 Å². The standard InChI is InChI=1S/C17H19NO5S/c1-11-5-4-6-13(9-11)16(17(19)20)18-24(21,22)14-7-8-15(23-3)12(2)10-14/h4-10,16,18H,1-3H3,(H,19,20). The van der Waals surface area contributed by atoms with E-state index in [4.69, 9.17) is 4.74 Å². The summed E-state index contributed by atoms with van der Waals surface area (Å²) in [6.07, 6.45) is 0. The molecule has 0 heterocycles. The van der Waals surface area contributed by atoms with Crippen LogP contribution in [0.2, 0.25) is 0 Å². The van der Waals surface area contributed by atoms with Crippen molar-refractivity contribution in [2.75, 3.05) is 7.11 Å². The van der Waals surface area contributed by atoms with Crippen LogP contribution >= 0.6 is 0 Å². The Morgan fingerprint density at radius 3 is 2.42 bits per heavy atom. The molecule has 0 fully saturated rings. The van der Waals surface area contributed by atoms with E-state index in [9.17, 15) is 18.3 Å². The number of carboxylic acids is 1. The molecule has 0 bridgehead atoms. The lowest BCUT2D eigenvalue weighted by Crippen LogP contribution is -2.33. The number of benzene rings is 2. The van der Waals surface area contributed by atoms with Crippen LogP contribution in [0.4, 0.5) is 0 Å². The number of carboxylic acid groups (broad SMARTS) is 1. The third-order valence-corrected chi connectivity index (χ3v) is 4.99. The summed E-state index contributed by atoms with van der Waals surface area (Å²) >= 11 is 0. The van der Waals surface area contributed by atoms with Gasteiger partial charge in [-0.3, -0.25) is 4.79 Å². The summed E-state index contributed by atoms with van der Waals surface area (Å²) in [5, 5.41) is 9.42. The Labute approximate surface area is 141 Å². The molecule has 0 saturated heterocycles. The van der Waals surface area contributed by atoms with Crippen LogP contribution in [0.5, 0.6) is 5.75 Å². The van der Waals surface area contributed by atoms with Crippen LogP contribution in [0.25, 0.3) is 0 Å². The molecule has 0 radical (unpaired) electrons. The minimum Gasteiger partial charge on any atom is -0.496 e. The molecule has 0 aliphatic heterocycles. The molecule has 128 valence electrons. The van der Waals surface area contributed by atoms with Gasteiger partial charge in [0.05, 0.1) is 12.0 Å². The molecule has 0 aliphatic carbocycles. The SMILES string of the molecule is COc1ccc(S(=O)(=O)NC(C(=O)O)c2cccc(C)c2)cc1C. The predicted molar refractivity (Wildman–Crippen MR) is 89.6 cm³/mol. The van der Waals surface area contributed by atoms with Gasteiger partial charge in [-0.2, -0.15) is 4.72 Å². The molecule has 7 heteroatoms. The number of rotatable bonds is 6. The molecule has 0 saturated carbocycles. The number of sulfonamides is 1. The van der Waals surface area contributed by atoms with Crippen molar-refractivity contribution in [3.05, 3.63) is 59.2 Å². The van der Waals surface area contributed by atoms with Crippen molar-refractivity contribution >= 4 is 16.0 Å². The topological polar surface area (TPSA) is 92.7 Å². The molecule has 1 atom stereocenters. The van der Waals surface area contributed by atoms with E-state index in [1.165, 1.54) is 25.3 Å². The van der Waals surface area contributed by atoms with Crippen molar-refractivity contribution in [3.8, 4) is 5.75 Å². The fourth-order valence-electron chi connectivity index (χ4n) is 2.35. The third-order valence-electron chi connectivity index (χ3n) is 3.57. The van der Waals surface area contributed by atoms with E-state index in [0.29, 0.717) is 16.9 Å². The highest BCUT2D eigenvalue weighted by molar-refractivity contribution is 7.89. The Morgan fingerprint density at radius 1 is 1.17 bits per heavy atom. The van der Waals surface area contributed by atoms with Crippen LogP contribution in [0.3, 0.4) is 0 Å².